The average Bonchev–Trinajstić information content (AvgIpc) is 2.34. The summed E-state index contributed by atoms with van der Waals surface area (Å²) in [7, 11) is 0. The number of hydrogen-bond donors (Lipinski definition) is 0. The molecule has 1 aromatic heterocycles. The Labute approximate surface area is 111 Å². The fourth-order valence-electron chi connectivity index (χ4n) is 1.99. The molecule has 0 unspecified atom stereocenters. The zero-order valence-electron chi connectivity index (χ0n) is 9.79. The fourth-order valence-corrected chi connectivity index (χ4v) is 2.57. The number of aliphatic carboxylic acids is 1. The summed E-state index contributed by atoms with van der Waals surface area (Å²) in [6, 6.07) is 0. The summed E-state index contributed by atoms with van der Waals surface area (Å²) in [5, 5.41) is 10.2. The number of aromatic nitrogens is 2. The van der Waals surface area contributed by atoms with Crippen molar-refractivity contribution >= 4 is 17.7 Å². The molecule has 0 N–H and O–H groups in total. The molecule has 1 aromatic rings. The van der Waals surface area contributed by atoms with Crippen molar-refractivity contribution in [2.45, 2.75) is 37.0 Å². The van der Waals surface area contributed by atoms with E-state index >= 15 is 0 Å². The van der Waals surface area contributed by atoms with Gasteiger partial charge in [-0.3, -0.25) is 0 Å². The van der Waals surface area contributed by atoms with Crippen molar-refractivity contribution in [1.82, 2.24) is 9.97 Å². The van der Waals surface area contributed by atoms with Gasteiger partial charge in [0.2, 0.25) is 0 Å². The number of thioether (sulfide) groups is 1. The number of aryl methyl sites for hydroxylation is 1. The Morgan fingerprint density at radius 1 is 1.26 bits per heavy atom. The molecule has 0 aromatic carbocycles. The van der Waals surface area contributed by atoms with E-state index in [1.807, 2.05) is 0 Å². The minimum absolute atomic E-state index is 0.150. The summed E-state index contributed by atoms with van der Waals surface area (Å²) < 4.78 is 38.8. The van der Waals surface area contributed by atoms with Gasteiger partial charge in [-0.15, -0.1) is 0 Å². The Morgan fingerprint density at radius 3 is 2.58 bits per heavy atom. The van der Waals surface area contributed by atoms with Crippen molar-refractivity contribution < 1.29 is 23.1 Å². The SMILES string of the molecule is O=C([O-])CSc1nc2c(c(C(F)(F)F)n1)CCCC2. The van der Waals surface area contributed by atoms with Crippen LogP contribution in [-0.4, -0.2) is 21.7 Å². The predicted octanol–water partition coefficient (Wildman–Crippen LogP) is 1.22. The second-order valence-corrected chi connectivity index (χ2v) is 5.09. The van der Waals surface area contributed by atoms with E-state index in [1.54, 1.807) is 0 Å². The summed E-state index contributed by atoms with van der Waals surface area (Å²) in [6.07, 6.45) is -2.28. The lowest BCUT2D eigenvalue weighted by Crippen LogP contribution is -2.25. The van der Waals surface area contributed by atoms with E-state index in [1.165, 1.54) is 0 Å². The highest BCUT2D eigenvalue weighted by Crippen LogP contribution is 2.35. The molecular formula is C11H10F3N2O2S-. The van der Waals surface area contributed by atoms with Crippen LogP contribution < -0.4 is 5.11 Å². The first-order chi connectivity index (χ1) is 8.88. The van der Waals surface area contributed by atoms with Crippen LogP contribution in [0.1, 0.15) is 29.8 Å². The van der Waals surface area contributed by atoms with Crippen LogP contribution in [0.5, 0.6) is 0 Å². The molecule has 1 aliphatic rings. The quantitative estimate of drug-likeness (QED) is 0.619. The zero-order valence-corrected chi connectivity index (χ0v) is 10.6. The smallest absolute Gasteiger partial charge is 0.433 e. The standard InChI is InChI=1S/C11H11F3N2O2S/c12-11(13,14)9-6-3-1-2-4-7(6)15-10(16-9)19-5-8(17)18/h1-5H2,(H,17,18)/p-1. The number of fused-ring (bicyclic) bond motifs is 1. The van der Waals surface area contributed by atoms with Crippen molar-refractivity contribution in [1.29, 1.82) is 0 Å². The first-order valence-corrected chi connectivity index (χ1v) is 6.66. The summed E-state index contributed by atoms with van der Waals surface area (Å²) in [5.74, 6) is -1.82. The molecule has 1 heterocycles. The van der Waals surface area contributed by atoms with Crippen LogP contribution in [-0.2, 0) is 23.8 Å². The Hall–Kier alpha value is -1.31. The van der Waals surface area contributed by atoms with Crippen LogP contribution >= 0.6 is 11.8 Å². The lowest BCUT2D eigenvalue weighted by molar-refractivity contribution is -0.301. The molecule has 19 heavy (non-hydrogen) atoms. The van der Waals surface area contributed by atoms with Gasteiger partial charge in [-0.1, -0.05) is 11.8 Å². The molecule has 0 bridgehead atoms. The van der Waals surface area contributed by atoms with Gasteiger partial charge in [0.15, 0.2) is 10.9 Å². The second kappa shape index (κ2) is 5.36. The fraction of sp³-hybridized carbons (Fsp3) is 0.545. The van der Waals surface area contributed by atoms with Crippen molar-refractivity contribution in [3.05, 3.63) is 17.0 Å². The molecule has 0 atom stereocenters. The third-order valence-corrected chi connectivity index (χ3v) is 3.57. The summed E-state index contributed by atoms with van der Waals surface area (Å²) in [6.45, 7) is 0. The molecule has 0 saturated heterocycles. The average molecular weight is 291 g/mol. The number of carboxylic acids is 1. The first kappa shape index (κ1) is 14.1. The van der Waals surface area contributed by atoms with E-state index in [-0.39, 0.29) is 10.7 Å². The van der Waals surface area contributed by atoms with E-state index in [0.29, 0.717) is 36.7 Å². The van der Waals surface area contributed by atoms with Gasteiger partial charge >= 0.3 is 6.18 Å². The summed E-state index contributed by atoms with van der Waals surface area (Å²) >= 11 is 0.647. The lowest BCUT2D eigenvalue weighted by atomic mass is 9.94. The Bertz CT molecular complexity index is 505. The van der Waals surface area contributed by atoms with E-state index in [2.05, 4.69) is 9.97 Å². The number of nitrogens with zero attached hydrogens (tertiary/aromatic N) is 2. The Balaban J connectivity index is 2.39. The molecule has 0 radical (unpaired) electrons. The van der Waals surface area contributed by atoms with Crippen LogP contribution in [0.15, 0.2) is 5.16 Å². The van der Waals surface area contributed by atoms with E-state index in [0.717, 1.165) is 6.42 Å². The Kier molecular flexibility index (Phi) is 3.98. The van der Waals surface area contributed by atoms with Crippen molar-refractivity contribution in [2.24, 2.45) is 0 Å². The maximum absolute atomic E-state index is 12.9. The summed E-state index contributed by atoms with van der Waals surface area (Å²) in [5.41, 5.74) is -0.399. The minimum atomic E-state index is -4.54. The van der Waals surface area contributed by atoms with E-state index in [4.69, 9.17) is 0 Å². The first-order valence-electron chi connectivity index (χ1n) is 5.67. The number of carbonyl (C=O) groups is 1. The van der Waals surface area contributed by atoms with Gasteiger partial charge in [0, 0.05) is 17.0 Å². The van der Waals surface area contributed by atoms with Crippen LogP contribution in [0.4, 0.5) is 13.2 Å². The highest BCUT2D eigenvalue weighted by atomic mass is 32.2. The molecule has 1 aliphatic carbocycles. The predicted molar refractivity (Wildman–Crippen MR) is 59.4 cm³/mol. The summed E-state index contributed by atoms with van der Waals surface area (Å²) in [4.78, 5) is 17.8. The highest BCUT2D eigenvalue weighted by Gasteiger charge is 2.37. The van der Waals surface area contributed by atoms with Crippen molar-refractivity contribution in [3.63, 3.8) is 0 Å². The van der Waals surface area contributed by atoms with Gasteiger partial charge in [0.05, 0.1) is 5.97 Å². The third kappa shape index (κ3) is 3.37. The van der Waals surface area contributed by atoms with E-state index in [9.17, 15) is 23.1 Å². The molecule has 2 rings (SSSR count). The van der Waals surface area contributed by atoms with Gasteiger partial charge in [-0.05, 0) is 25.7 Å². The van der Waals surface area contributed by atoms with Gasteiger partial charge in [-0.2, -0.15) is 13.2 Å². The van der Waals surface area contributed by atoms with Crippen molar-refractivity contribution in [3.8, 4) is 0 Å². The van der Waals surface area contributed by atoms with Crippen LogP contribution in [0.25, 0.3) is 0 Å². The van der Waals surface area contributed by atoms with Gasteiger partial charge in [0.1, 0.15) is 0 Å². The molecule has 0 amide bonds. The molecule has 4 nitrogen and oxygen atoms in total. The molecule has 0 fully saturated rings. The Morgan fingerprint density at radius 2 is 1.95 bits per heavy atom. The zero-order chi connectivity index (χ0) is 14.0. The topological polar surface area (TPSA) is 65.9 Å². The molecular weight excluding hydrogens is 281 g/mol. The van der Waals surface area contributed by atoms with Gasteiger partial charge in [-0.25, -0.2) is 9.97 Å². The van der Waals surface area contributed by atoms with Crippen LogP contribution in [0.3, 0.4) is 0 Å². The molecule has 8 heteroatoms. The molecule has 0 aliphatic heterocycles. The third-order valence-electron chi connectivity index (χ3n) is 2.75. The number of hydrogen-bond acceptors (Lipinski definition) is 5. The monoisotopic (exact) mass is 291 g/mol. The maximum atomic E-state index is 12.9. The van der Waals surface area contributed by atoms with Gasteiger partial charge in [0.25, 0.3) is 0 Å². The largest absolute Gasteiger partial charge is 0.549 e. The minimum Gasteiger partial charge on any atom is -0.549 e. The number of halogens is 3. The maximum Gasteiger partial charge on any atom is 0.433 e. The molecule has 0 spiro atoms. The van der Waals surface area contributed by atoms with E-state index < -0.39 is 23.6 Å². The normalized spacial score (nSPS) is 15.1. The van der Waals surface area contributed by atoms with Crippen LogP contribution in [0.2, 0.25) is 0 Å². The molecule has 104 valence electrons. The second-order valence-electron chi connectivity index (χ2n) is 4.15. The number of carboxylic acid groups (broad SMARTS) is 1. The van der Waals surface area contributed by atoms with Gasteiger partial charge < -0.3 is 9.90 Å². The number of alkyl halides is 3. The molecule has 0 saturated carbocycles. The number of carbonyl (C=O) groups excluding carboxylic acids is 1. The van der Waals surface area contributed by atoms with Crippen LogP contribution in [0, 0.1) is 0 Å². The lowest BCUT2D eigenvalue weighted by Gasteiger charge is -2.20. The number of rotatable bonds is 3. The highest BCUT2D eigenvalue weighted by molar-refractivity contribution is 7.99. The van der Waals surface area contributed by atoms with Crippen molar-refractivity contribution in [2.75, 3.05) is 5.75 Å².